The Morgan fingerprint density at radius 3 is 3.00 bits per heavy atom. The average molecular weight is 287 g/mol. The Hall–Kier alpha value is -1.70. The van der Waals surface area contributed by atoms with Crippen LogP contribution in [0.4, 0.5) is 0 Å². The molecule has 0 radical (unpaired) electrons. The minimum atomic E-state index is 0.298. The van der Waals surface area contributed by atoms with E-state index >= 15 is 0 Å². The van der Waals surface area contributed by atoms with E-state index in [2.05, 4.69) is 36.7 Å². The maximum absolute atomic E-state index is 5.85. The first kappa shape index (κ1) is 14.2. The molecule has 0 bridgehead atoms. The van der Waals surface area contributed by atoms with Gasteiger partial charge in [-0.25, -0.2) is 0 Å². The molecule has 1 atom stereocenters. The van der Waals surface area contributed by atoms with Crippen molar-refractivity contribution in [2.45, 2.75) is 38.3 Å². The summed E-state index contributed by atoms with van der Waals surface area (Å²) < 4.78 is 16.3. The van der Waals surface area contributed by atoms with Crippen LogP contribution in [-0.2, 0) is 4.74 Å². The fourth-order valence-electron chi connectivity index (χ4n) is 2.40. The summed E-state index contributed by atoms with van der Waals surface area (Å²) in [7, 11) is 1.69. The van der Waals surface area contributed by atoms with Crippen molar-refractivity contribution in [1.82, 2.24) is 5.32 Å². The molecule has 112 valence electrons. The molecule has 1 heterocycles. The van der Waals surface area contributed by atoms with Crippen LogP contribution in [0.15, 0.2) is 16.5 Å². The second kappa shape index (κ2) is 6.38. The summed E-state index contributed by atoms with van der Waals surface area (Å²) in [5.74, 6) is 0.764. The number of methoxy groups -OCH3 is 1. The average Bonchev–Trinajstić information content (AvgIpc) is 3.16. The molecule has 1 unspecified atom stereocenters. The van der Waals surface area contributed by atoms with Crippen molar-refractivity contribution in [2.24, 2.45) is 0 Å². The lowest BCUT2D eigenvalue weighted by Crippen LogP contribution is -2.20. The molecule has 1 aliphatic rings. The normalized spacial score (nSPS) is 15.9. The predicted molar refractivity (Wildman–Crippen MR) is 80.4 cm³/mol. The predicted octanol–water partition coefficient (Wildman–Crippen LogP) is 3.26. The van der Waals surface area contributed by atoms with Gasteiger partial charge in [-0.15, -0.1) is 0 Å². The van der Waals surface area contributed by atoms with E-state index in [0.717, 1.165) is 23.1 Å². The van der Waals surface area contributed by atoms with Gasteiger partial charge in [-0.1, -0.05) is 0 Å². The quantitative estimate of drug-likeness (QED) is 0.757. The molecule has 1 saturated carbocycles. The summed E-state index contributed by atoms with van der Waals surface area (Å²) >= 11 is 0. The highest BCUT2D eigenvalue weighted by molar-refractivity contribution is 5.82. The zero-order valence-electron chi connectivity index (χ0n) is 12.6. The second-order valence-electron chi connectivity index (χ2n) is 5.58. The highest BCUT2D eigenvalue weighted by atomic mass is 16.5. The van der Waals surface area contributed by atoms with E-state index in [1.165, 1.54) is 18.4 Å². The lowest BCUT2D eigenvalue weighted by Gasteiger charge is -2.15. The molecule has 1 aromatic heterocycles. The number of ether oxygens (including phenoxy) is 2. The Bertz CT molecular complexity index is 589. The molecule has 1 fully saturated rings. The Kier molecular flexibility index (Phi) is 4.33. The molecule has 21 heavy (non-hydrogen) atoms. The van der Waals surface area contributed by atoms with Crippen LogP contribution in [0, 0.1) is 12.3 Å². The number of nitrogens with one attached hydrogen (secondary N) is 1. The molecule has 0 aliphatic heterocycles. The van der Waals surface area contributed by atoms with Gasteiger partial charge in [0.15, 0.2) is 11.3 Å². The van der Waals surface area contributed by atoms with Gasteiger partial charge in [0.1, 0.15) is 6.26 Å². The summed E-state index contributed by atoms with van der Waals surface area (Å²) in [6, 6.07) is 8.12. The minimum Gasteiger partial charge on any atom is -0.489 e. The summed E-state index contributed by atoms with van der Waals surface area (Å²) in [6.45, 7) is 3.48. The smallest absolute Gasteiger partial charge is 0.197 e. The van der Waals surface area contributed by atoms with Crippen molar-refractivity contribution in [3.63, 3.8) is 0 Å². The number of benzene rings is 1. The Morgan fingerprint density at radius 1 is 1.38 bits per heavy atom. The van der Waals surface area contributed by atoms with Crippen molar-refractivity contribution in [1.29, 1.82) is 0 Å². The van der Waals surface area contributed by atoms with Crippen LogP contribution in [0.1, 0.15) is 37.8 Å². The zero-order valence-corrected chi connectivity index (χ0v) is 12.6. The molecule has 1 aromatic carbocycles. The van der Waals surface area contributed by atoms with Crippen molar-refractivity contribution in [2.75, 3.05) is 20.3 Å². The lowest BCUT2D eigenvalue weighted by molar-refractivity contribution is 0.172. The Balaban J connectivity index is 1.77. The summed E-state index contributed by atoms with van der Waals surface area (Å²) in [5, 5.41) is 4.52. The fraction of sp³-hybridized carbons (Fsp3) is 0.529. The third kappa shape index (κ3) is 3.49. The summed E-state index contributed by atoms with van der Waals surface area (Å²) in [6.07, 6.45) is 6.08. The molecule has 1 aliphatic carbocycles. The number of hydrogen-bond acceptors (Lipinski definition) is 4. The van der Waals surface area contributed by atoms with Crippen LogP contribution >= 0.6 is 0 Å². The van der Waals surface area contributed by atoms with Crippen molar-refractivity contribution >= 4 is 11.0 Å². The van der Waals surface area contributed by atoms with Crippen molar-refractivity contribution in [3.8, 4) is 5.75 Å². The first-order chi connectivity index (χ1) is 10.3. The molecular formula is C17H21NO3. The van der Waals surface area contributed by atoms with Gasteiger partial charge >= 0.3 is 0 Å². The van der Waals surface area contributed by atoms with Gasteiger partial charge in [0, 0.05) is 32.2 Å². The Labute approximate surface area is 125 Å². The van der Waals surface area contributed by atoms with Gasteiger partial charge in [-0.3, -0.25) is 0 Å². The van der Waals surface area contributed by atoms with Gasteiger partial charge in [0.2, 0.25) is 0 Å². The molecule has 4 nitrogen and oxygen atoms in total. The van der Waals surface area contributed by atoms with Gasteiger partial charge in [-0.05, 0) is 43.5 Å². The molecular weight excluding hydrogens is 266 g/mol. The molecule has 0 saturated heterocycles. The first-order valence-electron chi connectivity index (χ1n) is 7.51. The maximum Gasteiger partial charge on any atom is 0.197 e. The lowest BCUT2D eigenvalue weighted by atomic mass is 10.1. The third-order valence-electron chi connectivity index (χ3n) is 3.73. The monoisotopic (exact) mass is 287 g/mol. The van der Waals surface area contributed by atoms with E-state index in [4.69, 9.17) is 13.9 Å². The van der Waals surface area contributed by atoms with Crippen LogP contribution in [0.2, 0.25) is 0 Å². The Morgan fingerprint density at radius 2 is 2.24 bits per heavy atom. The van der Waals surface area contributed by atoms with Gasteiger partial charge in [0.05, 0.1) is 12.0 Å². The number of fused-ring (bicyclic) bond motifs is 1. The molecule has 0 amide bonds. The number of hydrogen-bond donors (Lipinski definition) is 1. The van der Waals surface area contributed by atoms with E-state index in [1.54, 1.807) is 7.11 Å². The van der Waals surface area contributed by atoms with Crippen LogP contribution in [0.25, 0.3) is 11.0 Å². The van der Waals surface area contributed by atoms with E-state index in [-0.39, 0.29) is 0 Å². The van der Waals surface area contributed by atoms with Gasteiger partial charge in [0.25, 0.3) is 0 Å². The molecule has 3 rings (SSSR count). The van der Waals surface area contributed by atoms with E-state index in [9.17, 15) is 0 Å². The van der Waals surface area contributed by atoms with Crippen molar-refractivity contribution < 1.29 is 13.9 Å². The third-order valence-corrected chi connectivity index (χ3v) is 3.73. The highest BCUT2D eigenvalue weighted by Crippen LogP contribution is 2.31. The minimum absolute atomic E-state index is 0.298. The molecule has 0 spiro atoms. The molecule has 4 heteroatoms. The fourth-order valence-corrected chi connectivity index (χ4v) is 2.40. The summed E-state index contributed by atoms with van der Waals surface area (Å²) in [4.78, 5) is 0. The largest absolute Gasteiger partial charge is 0.489 e. The highest BCUT2D eigenvalue weighted by Gasteiger charge is 2.24. The second-order valence-corrected chi connectivity index (χ2v) is 5.58. The van der Waals surface area contributed by atoms with Crippen LogP contribution in [0.3, 0.4) is 0 Å². The molecule has 1 N–H and O–H groups in total. The first-order valence-corrected chi connectivity index (χ1v) is 7.51. The number of rotatable bonds is 8. The zero-order chi connectivity index (χ0) is 14.7. The van der Waals surface area contributed by atoms with E-state index < -0.39 is 0 Å². The maximum atomic E-state index is 5.85. The van der Waals surface area contributed by atoms with E-state index in [0.29, 0.717) is 25.3 Å². The summed E-state index contributed by atoms with van der Waals surface area (Å²) in [5.41, 5.74) is 1.91. The van der Waals surface area contributed by atoms with Crippen LogP contribution in [-0.4, -0.2) is 26.4 Å². The van der Waals surface area contributed by atoms with Crippen LogP contribution in [0.5, 0.6) is 5.75 Å². The molecule has 2 aromatic rings. The van der Waals surface area contributed by atoms with Crippen LogP contribution < -0.4 is 10.1 Å². The SMILES string of the molecule is COCCCOc1cc(C(C)NC2CC2)cc2c#coc12. The van der Waals surface area contributed by atoms with Gasteiger partial charge in [-0.2, -0.15) is 0 Å². The van der Waals surface area contributed by atoms with Crippen molar-refractivity contribution in [3.05, 3.63) is 30.0 Å². The topological polar surface area (TPSA) is 43.6 Å². The van der Waals surface area contributed by atoms with Gasteiger partial charge < -0.3 is 19.2 Å². The standard InChI is InChI=1S/C17H21NO3/c1-12(18-15-4-5-15)14-10-13-6-9-21-17(13)16(11-14)20-8-3-7-19-2/h10-12,15,18H,3-5,7-8H2,1-2H3. The van der Waals surface area contributed by atoms with E-state index in [1.807, 2.05) is 0 Å².